The fourth-order valence-corrected chi connectivity index (χ4v) is 1.24. The van der Waals surface area contributed by atoms with E-state index < -0.39 is 36.9 Å². The molecule has 3 unspecified atom stereocenters. The number of aliphatic hydroxyl groups excluding tert-OH is 3. The van der Waals surface area contributed by atoms with Crippen molar-refractivity contribution in [2.45, 2.75) is 31.7 Å². The van der Waals surface area contributed by atoms with Crippen LogP contribution in [0.2, 0.25) is 0 Å². The van der Waals surface area contributed by atoms with Gasteiger partial charge >= 0.3 is 11.9 Å². The summed E-state index contributed by atoms with van der Waals surface area (Å²) >= 11 is 0. The molecule has 0 spiro atoms. The monoisotopic (exact) mass is 288 g/mol. The summed E-state index contributed by atoms with van der Waals surface area (Å²) < 4.78 is 9.64. The molecular weight excluding hydrogens is 268 g/mol. The first-order valence-electron chi connectivity index (χ1n) is 5.96. The number of carbonyl (C=O) groups is 2. The summed E-state index contributed by atoms with van der Waals surface area (Å²) in [6.07, 6.45) is -3.27. The minimum atomic E-state index is -1.51. The van der Waals surface area contributed by atoms with Crippen LogP contribution < -0.4 is 0 Å². The summed E-state index contributed by atoms with van der Waals surface area (Å²) in [4.78, 5) is 22.3. The molecule has 114 valence electrons. The molecule has 0 aromatic rings. The average Bonchev–Trinajstić information content (AvgIpc) is 2.43. The molecule has 0 aliphatic rings. The topological polar surface area (TPSA) is 113 Å². The predicted molar refractivity (Wildman–Crippen MR) is 69.6 cm³/mol. The van der Waals surface area contributed by atoms with Crippen LogP contribution in [0.4, 0.5) is 0 Å². The third-order valence-corrected chi connectivity index (χ3v) is 2.38. The first-order chi connectivity index (χ1) is 9.33. The molecule has 7 heteroatoms. The molecule has 3 atom stereocenters. The van der Waals surface area contributed by atoms with E-state index in [1.165, 1.54) is 6.92 Å². The molecule has 3 N–H and O–H groups in total. The van der Waals surface area contributed by atoms with Gasteiger partial charge in [0.05, 0.1) is 13.2 Å². The molecule has 0 bridgehead atoms. The van der Waals surface area contributed by atoms with Crippen LogP contribution in [0.25, 0.3) is 0 Å². The molecule has 7 nitrogen and oxygen atoms in total. The Morgan fingerprint density at radius 3 is 2.40 bits per heavy atom. The fourth-order valence-electron chi connectivity index (χ4n) is 1.24. The maximum absolute atomic E-state index is 11.2. The van der Waals surface area contributed by atoms with Crippen molar-refractivity contribution in [2.75, 3.05) is 13.2 Å². The predicted octanol–water partition coefficient (Wildman–Crippen LogP) is -0.692. The van der Waals surface area contributed by atoms with Crippen molar-refractivity contribution in [3.05, 3.63) is 24.8 Å². The summed E-state index contributed by atoms with van der Waals surface area (Å²) in [6.45, 7) is 7.23. The smallest absolute Gasteiger partial charge is 0.333 e. The standard InChI is InChI=1S/C13H20O7/c1-4-11(16)20-10(12(17)9(15)7-14)5-6-19-13(18)8(2)3/h4,9-10,12,14-15,17H,1-2,5-7H2,3H3. The van der Waals surface area contributed by atoms with Crippen LogP contribution in [0.1, 0.15) is 13.3 Å². The number of hydrogen-bond donors (Lipinski definition) is 3. The first kappa shape index (κ1) is 18.3. The number of hydrogen-bond acceptors (Lipinski definition) is 7. The van der Waals surface area contributed by atoms with Gasteiger partial charge in [0, 0.05) is 18.1 Å². The molecule has 0 rings (SSSR count). The summed E-state index contributed by atoms with van der Waals surface area (Å²) in [7, 11) is 0. The Labute approximate surface area is 117 Å². The number of rotatable bonds is 9. The lowest BCUT2D eigenvalue weighted by atomic mass is 10.1. The lowest BCUT2D eigenvalue weighted by molar-refractivity contribution is -0.158. The molecule has 0 saturated carbocycles. The Morgan fingerprint density at radius 2 is 1.95 bits per heavy atom. The summed E-state index contributed by atoms with van der Waals surface area (Å²) in [6, 6.07) is 0. The van der Waals surface area contributed by atoms with Crippen LogP contribution in [-0.4, -0.2) is 58.8 Å². The molecule has 0 aliphatic heterocycles. The normalized spacial score (nSPS) is 14.8. The Bertz CT molecular complexity index is 364. The van der Waals surface area contributed by atoms with E-state index in [0.29, 0.717) is 0 Å². The fraction of sp³-hybridized carbons (Fsp3) is 0.538. The zero-order valence-corrected chi connectivity index (χ0v) is 11.3. The van der Waals surface area contributed by atoms with Crippen LogP contribution in [0.15, 0.2) is 24.8 Å². The van der Waals surface area contributed by atoms with Gasteiger partial charge < -0.3 is 24.8 Å². The second kappa shape index (κ2) is 9.24. The lowest BCUT2D eigenvalue weighted by Gasteiger charge is -2.25. The van der Waals surface area contributed by atoms with Crippen LogP contribution in [0.5, 0.6) is 0 Å². The molecule has 0 radical (unpaired) electrons. The minimum absolute atomic E-state index is 0.0448. The number of aliphatic hydroxyl groups is 3. The van der Waals surface area contributed by atoms with E-state index in [-0.39, 0.29) is 18.6 Å². The Balaban J connectivity index is 4.53. The van der Waals surface area contributed by atoms with E-state index in [9.17, 15) is 19.8 Å². The Hall–Kier alpha value is -1.70. The molecular formula is C13H20O7. The van der Waals surface area contributed by atoms with E-state index in [1.54, 1.807) is 0 Å². The van der Waals surface area contributed by atoms with Crippen molar-refractivity contribution in [2.24, 2.45) is 0 Å². The van der Waals surface area contributed by atoms with Crippen molar-refractivity contribution in [3.8, 4) is 0 Å². The van der Waals surface area contributed by atoms with Gasteiger partial charge in [-0.15, -0.1) is 0 Å². The molecule has 0 fully saturated rings. The van der Waals surface area contributed by atoms with Crippen molar-refractivity contribution in [1.82, 2.24) is 0 Å². The summed E-state index contributed by atoms with van der Waals surface area (Å²) in [5, 5.41) is 27.8. The third-order valence-electron chi connectivity index (χ3n) is 2.38. The van der Waals surface area contributed by atoms with Gasteiger partial charge in [-0.3, -0.25) is 0 Å². The van der Waals surface area contributed by atoms with Gasteiger partial charge in [-0.1, -0.05) is 13.2 Å². The number of esters is 2. The minimum Gasteiger partial charge on any atom is -0.462 e. The first-order valence-corrected chi connectivity index (χ1v) is 5.96. The van der Waals surface area contributed by atoms with Gasteiger partial charge in [0.25, 0.3) is 0 Å². The Kier molecular flexibility index (Phi) is 8.46. The Morgan fingerprint density at radius 1 is 1.35 bits per heavy atom. The number of carbonyl (C=O) groups excluding carboxylic acids is 2. The second-order valence-electron chi connectivity index (χ2n) is 4.12. The van der Waals surface area contributed by atoms with Crippen LogP contribution in [0.3, 0.4) is 0 Å². The molecule has 0 saturated heterocycles. The molecule has 0 aromatic heterocycles. The van der Waals surface area contributed by atoms with Crippen molar-refractivity contribution >= 4 is 11.9 Å². The van der Waals surface area contributed by atoms with Crippen molar-refractivity contribution in [1.29, 1.82) is 0 Å². The van der Waals surface area contributed by atoms with E-state index >= 15 is 0 Å². The van der Waals surface area contributed by atoms with Gasteiger partial charge in [0.2, 0.25) is 0 Å². The second-order valence-corrected chi connectivity index (χ2v) is 4.12. The van der Waals surface area contributed by atoms with Gasteiger partial charge in [-0.2, -0.15) is 0 Å². The average molecular weight is 288 g/mol. The quantitative estimate of drug-likeness (QED) is 0.380. The highest BCUT2D eigenvalue weighted by Crippen LogP contribution is 2.10. The number of ether oxygens (including phenoxy) is 2. The van der Waals surface area contributed by atoms with Crippen LogP contribution in [-0.2, 0) is 19.1 Å². The van der Waals surface area contributed by atoms with E-state index in [2.05, 4.69) is 13.2 Å². The summed E-state index contributed by atoms with van der Waals surface area (Å²) in [5.74, 6) is -1.42. The highest BCUT2D eigenvalue weighted by atomic mass is 16.6. The van der Waals surface area contributed by atoms with Crippen LogP contribution in [0, 0.1) is 0 Å². The van der Waals surface area contributed by atoms with Gasteiger partial charge in [-0.25, -0.2) is 9.59 Å². The molecule has 0 heterocycles. The van der Waals surface area contributed by atoms with Crippen molar-refractivity contribution in [3.63, 3.8) is 0 Å². The molecule has 20 heavy (non-hydrogen) atoms. The van der Waals surface area contributed by atoms with Gasteiger partial charge in [0.1, 0.15) is 18.3 Å². The maximum atomic E-state index is 11.2. The zero-order valence-electron chi connectivity index (χ0n) is 11.3. The zero-order chi connectivity index (χ0) is 15.7. The van der Waals surface area contributed by atoms with Crippen molar-refractivity contribution < 1.29 is 34.4 Å². The van der Waals surface area contributed by atoms with Crippen LogP contribution >= 0.6 is 0 Å². The van der Waals surface area contributed by atoms with E-state index in [4.69, 9.17) is 14.6 Å². The largest absolute Gasteiger partial charge is 0.462 e. The molecule has 0 aromatic carbocycles. The lowest BCUT2D eigenvalue weighted by Crippen LogP contribution is -2.42. The molecule has 0 aliphatic carbocycles. The van der Waals surface area contributed by atoms with E-state index in [1.807, 2.05) is 0 Å². The third kappa shape index (κ3) is 6.46. The van der Waals surface area contributed by atoms with Gasteiger partial charge in [-0.05, 0) is 6.92 Å². The highest BCUT2D eigenvalue weighted by molar-refractivity contribution is 5.86. The maximum Gasteiger partial charge on any atom is 0.333 e. The SMILES string of the molecule is C=CC(=O)OC(CCOC(=O)C(=C)C)C(O)C(O)CO. The summed E-state index contributed by atoms with van der Waals surface area (Å²) in [5.41, 5.74) is 0.209. The highest BCUT2D eigenvalue weighted by Gasteiger charge is 2.29. The van der Waals surface area contributed by atoms with Gasteiger partial charge in [0.15, 0.2) is 0 Å². The molecule has 0 amide bonds. The van der Waals surface area contributed by atoms with E-state index in [0.717, 1.165) is 6.08 Å².